The third-order valence-electron chi connectivity index (χ3n) is 6.10. The Morgan fingerprint density at radius 1 is 1.09 bits per heavy atom. The average molecular weight is 500 g/mol. The summed E-state index contributed by atoms with van der Waals surface area (Å²) in [5.74, 6) is -0.121. The number of fused-ring (bicyclic) bond motifs is 1. The number of nitrogens with zero attached hydrogens (tertiary/aromatic N) is 2. The van der Waals surface area contributed by atoms with Crippen molar-refractivity contribution in [2.75, 3.05) is 26.2 Å². The quantitative estimate of drug-likeness (QED) is 0.352. The third-order valence-corrected chi connectivity index (χ3v) is 7.56. The molecule has 11 heteroatoms. The van der Waals surface area contributed by atoms with Crippen LogP contribution >= 0.6 is 0 Å². The van der Waals surface area contributed by atoms with Crippen LogP contribution in [-0.2, 0) is 16.2 Å². The van der Waals surface area contributed by atoms with Gasteiger partial charge in [0.25, 0.3) is 0 Å². The monoisotopic (exact) mass is 499 g/mol. The Morgan fingerprint density at radius 3 is 2.59 bits per heavy atom. The third kappa shape index (κ3) is 5.76. The van der Waals surface area contributed by atoms with Gasteiger partial charge in [-0.1, -0.05) is 11.2 Å². The molecular weight excluding hydrogens is 474 g/mol. The van der Waals surface area contributed by atoms with Gasteiger partial charge in [-0.2, -0.15) is 13.2 Å². The number of unbranched alkanes of at least 4 members (excludes halogenated alkanes) is 1. The van der Waals surface area contributed by atoms with E-state index < -0.39 is 26.7 Å². The fraction of sp³-hybridized carbons (Fsp3) is 0.435. The van der Waals surface area contributed by atoms with Gasteiger partial charge < -0.3 is 9.42 Å². The SMILES string of the molecule is O=S(=O)(NCCCCN1CCC(c2noc3cc(F)ccc23)CC1)c1cccc(C(F)(F)F)c1. The zero-order valence-electron chi connectivity index (χ0n) is 18.3. The fourth-order valence-electron chi connectivity index (χ4n) is 4.25. The molecule has 1 aliphatic heterocycles. The highest BCUT2D eigenvalue weighted by molar-refractivity contribution is 7.89. The van der Waals surface area contributed by atoms with Crippen molar-refractivity contribution in [3.05, 3.63) is 59.5 Å². The number of hydrogen-bond acceptors (Lipinski definition) is 5. The molecule has 184 valence electrons. The number of aromatic nitrogens is 1. The second-order valence-corrected chi connectivity index (χ2v) is 10.2. The highest BCUT2D eigenvalue weighted by Crippen LogP contribution is 2.33. The maximum Gasteiger partial charge on any atom is 0.416 e. The molecule has 2 aromatic carbocycles. The Morgan fingerprint density at radius 2 is 1.85 bits per heavy atom. The van der Waals surface area contributed by atoms with Crippen molar-refractivity contribution in [2.45, 2.75) is 42.7 Å². The van der Waals surface area contributed by atoms with Gasteiger partial charge in [-0.3, -0.25) is 0 Å². The summed E-state index contributed by atoms with van der Waals surface area (Å²) >= 11 is 0. The smallest absolute Gasteiger partial charge is 0.356 e. The van der Waals surface area contributed by atoms with Gasteiger partial charge in [0.1, 0.15) is 5.82 Å². The van der Waals surface area contributed by atoms with Gasteiger partial charge in [-0.05, 0) is 75.6 Å². The minimum Gasteiger partial charge on any atom is -0.356 e. The first kappa shape index (κ1) is 24.6. The van der Waals surface area contributed by atoms with Crippen molar-refractivity contribution in [3.8, 4) is 0 Å². The topological polar surface area (TPSA) is 75.4 Å². The predicted molar refractivity (Wildman–Crippen MR) is 118 cm³/mol. The minimum atomic E-state index is -4.60. The first-order valence-electron chi connectivity index (χ1n) is 11.1. The number of sulfonamides is 1. The van der Waals surface area contributed by atoms with E-state index in [0.717, 1.165) is 68.2 Å². The van der Waals surface area contributed by atoms with Gasteiger partial charge in [0.2, 0.25) is 10.0 Å². The lowest BCUT2D eigenvalue weighted by molar-refractivity contribution is -0.137. The van der Waals surface area contributed by atoms with Gasteiger partial charge in [-0.15, -0.1) is 0 Å². The lowest BCUT2D eigenvalue weighted by Crippen LogP contribution is -2.34. The van der Waals surface area contributed by atoms with E-state index in [1.807, 2.05) is 0 Å². The van der Waals surface area contributed by atoms with E-state index in [2.05, 4.69) is 14.8 Å². The number of rotatable bonds is 8. The maximum absolute atomic E-state index is 13.3. The van der Waals surface area contributed by atoms with E-state index in [-0.39, 0.29) is 18.3 Å². The molecule has 34 heavy (non-hydrogen) atoms. The minimum absolute atomic E-state index is 0.149. The van der Waals surface area contributed by atoms with Gasteiger partial charge in [0.15, 0.2) is 5.58 Å². The van der Waals surface area contributed by atoms with Crippen molar-refractivity contribution >= 4 is 21.0 Å². The van der Waals surface area contributed by atoms with Gasteiger partial charge in [-0.25, -0.2) is 17.5 Å². The molecule has 3 aromatic rings. The van der Waals surface area contributed by atoms with Crippen LogP contribution in [0.3, 0.4) is 0 Å². The first-order valence-corrected chi connectivity index (χ1v) is 12.6. The molecular formula is C23H25F4N3O3S. The molecule has 1 N–H and O–H groups in total. The highest BCUT2D eigenvalue weighted by atomic mass is 32.2. The molecule has 1 fully saturated rings. The van der Waals surface area contributed by atoms with E-state index in [9.17, 15) is 26.0 Å². The molecule has 6 nitrogen and oxygen atoms in total. The number of nitrogens with one attached hydrogen (secondary N) is 1. The average Bonchev–Trinajstić information content (AvgIpc) is 3.22. The Hall–Kier alpha value is -2.50. The summed E-state index contributed by atoms with van der Waals surface area (Å²) in [6.45, 7) is 2.66. The van der Waals surface area contributed by atoms with Crippen molar-refractivity contribution in [3.63, 3.8) is 0 Å². The van der Waals surface area contributed by atoms with Crippen LogP contribution in [0.15, 0.2) is 51.9 Å². The van der Waals surface area contributed by atoms with Crippen LogP contribution in [0.1, 0.15) is 42.9 Å². The molecule has 0 saturated carbocycles. The summed E-state index contributed by atoms with van der Waals surface area (Å²) in [7, 11) is -4.00. The van der Waals surface area contributed by atoms with Crippen LogP contribution in [0, 0.1) is 5.82 Å². The number of hydrogen-bond donors (Lipinski definition) is 1. The molecule has 0 spiro atoms. The summed E-state index contributed by atoms with van der Waals surface area (Å²) < 4.78 is 84.1. The molecule has 2 heterocycles. The van der Waals surface area contributed by atoms with E-state index in [4.69, 9.17) is 4.52 Å². The Balaban J connectivity index is 1.20. The summed E-state index contributed by atoms with van der Waals surface area (Å²) in [5.41, 5.74) is 0.313. The zero-order chi connectivity index (χ0) is 24.3. The van der Waals surface area contributed by atoms with Crippen molar-refractivity contribution in [1.82, 2.24) is 14.8 Å². The summed E-state index contributed by atoms with van der Waals surface area (Å²) in [6, 6.07) is 8.15. The lowest BCUT2D eigenvalue weighted by atomic mass is 9.91. The van der Waals surface area contributed by atoms with E-state index in [1.54, 1.807) is 6.07 Å². The normalized spacial score (nSPS) is 16.4. The highest BCUT2D eigenvalue weighted by Gasteiger charge is 2.31. The summed E-state index contributed by atoms with van der Waals surface area (Å²) in [4.78, 5) is 1.90. The summed E-state index contributed by atoms with van der Waals surface area (Å²) in [5, 5.41) is 4.99. The van der Waals surface area contributed by atoms with Gasteiger partial charge in [0.05, 0.1) is 16.2 Å². The molecule has 1 aromatic heterocycles. The van der Waals surface area contributed by atoms with E-state index in [1.165, 1.54) is 12.1 Å². The molecule has 0 aliphatic carbocycles. The molecule has 1 aliphatic rings. The summed E-state index contributed by atoms with van der Waals surface area (Å²) in [6.07, 6.45) is -1.50. The molecule has 0 atom stereocenters. The van der Waals surface area contributed by atoms with E-state index >= 15 is 0 Å². The van der Waals surface area contributed by atoms with Gasteiger partial charge >= 0.3 is 6.18 Å². The first-order chi connectivity index (χ1) is 16.1. The second kappa shape index (κ2) is 10.0. The number of benzene rings is 2. The van der Waals surface area contributed by atoms with E-state index in [0.29, 0.717) is 18.1 Å². The van der Waals surface area contributed by atoms with Gasteiger partial charge in [0, 0.05) is 23.9 Å². The fourth-order valence-corrected chi connectivity index (χ4v) is 5.36. The number of halogens is 4. The molecule has 0 unspecified atom stereocenters. The standard InChI is InChI=1S/C23H25F4N3O3S/c24-18-6-7-20-21(15-18)33-29-22(20)16-8-12-30(13-9-16)11-2-1-10-28-34(31,32)19-5-3-4-17(14-19)23(25,26)27/h3-7,14-16,28H,1-2,8-13H2. The molecule has 0 radical (unpaired) electrons. The van der Waals surface area contributed by atoms with Crippen LogP contribution in [0.4, 0.5) is 17.6 Å². The molecule has 0 bridgehead atoms. The zero-order valence-corrected chi connectivity index (χ0v) is 19.1. The maximum atomic E-state index is 13.3. The molecule has 4 rings (SSSR count). The molecule has 0 amide bonds. The number of alkyl halides is 3. The number of likely N-dealkylation sites (tertiary alicyclic amines) is 1. The Bertz CT molecular complexity index is 1240. The van der Waals surface area contributed by atoms with Crippen LogP contribution in [0.5, 0.6) is 0 Å². The number of piperidine rings is 1. The largest absolute Gasteiger partial charge is 0.416 e. The second-order valence-electron chi connectivity index (χ2n) is 8.45. The van der Waals surface area contributed by atoms with Crippen LogP contribution in [0.2, 0.25) is 0 Å². The van der Waals surface area contributed by atoms with Crippen LogP contribution in [0.25, 0.3) is 11.0 Å². The van der Waals surface area contributed by atoms with Crippen LogP contribution < -0.4 is 4.72 Å². The van der Waals surface area contributed by atoms with Crippen molar-refractivity contribution in [1.29, 1.82) is 0 Å². The van der Waals surface area contributed by atoms with Crippen molar-refractivity contribution in [2.24, 2.45) is 0 Å². The Kier molecular flexibility index (Phi) is 7.25. The Labute approximate surface area is 195 Å². The predicted octanol–water partition coefficient (Wildman–Crippen LogP) is 4.92. The van der Waals surface area contributed by atoms with Crippen molar-refractivity contribution < 1.29 is 30.5 Å². The van der Waals surface area contributed by atoms with Crippen LogP contribution in [-0.4, -0.2) is 44.7 Å². The molecule has 1 saturated heterocycles. The lowest BCUT2D eigenvalue weighted by Gasteiger charge is -2.31.